The van der Waals surface area contributed by atoms with E-state index in [0.717, 1.165) is 0 Å². The Hall–Kier alpha value is -0.410. The average Bonchev–Trinajstić information content (AvgIpc) is 2.04. The Labute approximate surface area is 80.4 Å². The number of aldehydes is 1. The van der Waals surface area contributed by atoms with Crippen molar-refractivity contribution in [2.45, 2.75) is 34.0 Å². The molecule has 0 atom stereocenters. The summed E-state index contributed by atoms with van der Waals surface area (Å²) in [6.07, 6.45) is 0.00917. The summed E-state index contributed by atoms with van der Waals surface area (Å²) in [5.74, 6) is 0.843. The molecule has 78 valence electrons. The van der Waals surface area contributed by atoms with Crippen LogP contribution in [-0.4, -0.2) is 25.8 Å². The summed E-state index contributed by atoms with van der Waals surface area (Å²) in [6.45, 7) is 9.24. The van der Waals surface area contributed by atoms with E-state index in [4.69, 9.17) is 9.47 Å². The minimum atomic E-state index is -0.690. The molecular weight excluding hydrogens is 168 g/mol. The maximum Gasteiger partial charge on any atom is 0.214 e. The monoisotopic (exact) mass is 188 g/mol. The number of hydrogen-bond acceptors (Lipinski definition) is 3. The van der Waals surface area contributed by atoms with Gasteiger partial charge < -0.3 is 9.47 Å². The molecule has 0 aliphatic carbocycles. The predicted molar refractivity (Wildman–Crippen MR) is 51.4 cm³/mol. The quantitative estimate of drug-likeness (QED) is 0.452. The van der Waals surface area contributed by atoms with E-state index >= 15 is 0 Å². The molecule has 0 fully saturated rings. The molecule has 0 N–H and O–H groups in total. The molecule has 0 aromatic heterocycles. The predicted octanol–water partition coefficient (Wildman–Crippen LogP) is 1.86. The first kappa shape index (κ1) is 12.6. The van der Waals surface area contributed by atoms with Crippen molar-refractivity contribution >= 4 is 6.29 Å². The van der Waals surface area contributed by atoms with Crippen LogP contribution < -0.4 is 0 Å². The van der Waals surface area contributed by atoms with Gasteiger partial charge >= 0.3 is 0 Å². The molecule has 0 bridgehead atoms. The molecule has 0 aliphatic heterocycles. The van der Waals surface area contributed by atoms with Crippen LogP contribution in [0.4, 0.5) is 0 Å². The van der Waals surface area contributed by atoms with Gasteiger partial charge in [-0.25, -0.2) is 0 Å². The highest BCUT2D eigenvalue weighted by Crippen LogP contribution is 2.01. The lowest BCUT2D eigenvalue weighted by Gasteiger charge is -2.15. The summed E-state index contributed by atoms with van der Waals surface area (Å²) in [6, 6.07) is 0. The van der Waals surface area contributed by atoms with Crippen LogP contribution >= 0.6 is 0 Å². The van der Waals surface area contributed by atoms with Crippen molar-refractivity contribution in [1.29, 1.82) is 0 Å². The normalized spacial score (nSPS) is 11.6. The Morgan fingerprint density at radius 1 is 1.00 bits per heavy atom. The van der Waals surface area contributed by atoms with Gasteiger partial charge in [-0.15, -0.1) is 0 Å². The molecule has 0 saturated carbocycles. The van der Waals surface area contributed by atoms with Gasteiger partial charge in [-0.1, -0.05) is 27.7 Å². The summed E-state index contributed by atoms with van der Waals surface area (Å²) in [5.41, 5.74) is 0. The van der Waals surface area contributed by atoms with Gasteiger partial charge in [-0.3, -0.25) is 4.79 Å². The molecule has 3 nitrogen and oxygen atoms in total. The van der Waals surface area contributed by atoms with Gasteiger partial charge in [0.05, 0.1) is 13.2 Å². The van der Waals surface area contributed by atoms with Crippen LogP contribution in [0, 0.1) is 11.8 Å². The molecule has 3 heteroatoms. The Balaban J connectivity index is 3.57. The SMILES string of the molecule is CC(C)COC(C=O)OCC(C)C. The van der Waals surface area contributed by atoms with Crippen LogP contribution in [0.1, 0.15) is 27.7 Å². The fourth-order valence-electron chi connectivity index (χ4n) is 0.701. The van der Waals surface area contributed by atoms with Crippen molar-refractivity contribution < 1.29 is 14.3 Å². The summed E-state index contributed by atoms with van der Waals surface area (Å²) in [4.78, 5) is 10.5. The standard InChI is InChI=1S/C10H20O3/c1-8(2)6-12-10(5-11)13-7-9(3)4/h5,8-10H,6-7H2,1-4H3. The maximum absolute atomic E-state index is 10.5. The summed E-state index contributed by atoms with van der Waals surface area (Å²) < 4.78 is 10.4. The van der Waals surface area contributed by atoms with Crippen LogP contribution in [0.2, 0.25) is 0 Å². The molecule has 0 heterocycles. The Morgan fingerprint density at radius 2 is 1.38 bits per heavy atom. The second kappa shape index (κ2) is 7.04. The van der Waals surface area contributed by atoms with Gasteiger partial charge in [0.25, 0.3) is 0 Å². The minimum absolute atomic E-state index is 0.421. The van der Waals surface area contributed by atoms with E-state index in [0.29, 0.717) is 31.3 Å². The highest BCUT2D eigenvalue weighted by Gasteiger charge is 2.09. The van der Waals surface area contributed by atoms with Gasteiger partial charge in [0.15, 0.2) is 6.29 Å². The molecule has 0 saturated heterocycles. The van der Waals surface area contributed by atoms with E-state index in [1.807, 2.05) is 27.7 Å². The highest BCUT2D eigenvalue weighted by molar-refractivity contribution is 5.53. The largest absolute Gasteiger partial charge is 0.346 e. The fraction of sp³-hybridized carbons (Fsp3) is 0.900. The lowest BCUT2D eigenvalue weighted by molar-refractivity contribution is -0.163. The molecule has 13 heavy (non-hydrogen) atoms. The molecule has 0 aliphatic rings. The van der Waals surface area contributed by atoms with Crippen molar-refractivity contribution in [2.24, 2.45) is 11.8 Å². The van der Waals surface area contributed by atoms with Crippen LogP contribution in [0.25, 0.3) is 0 Å². The van der Waals surface area contributed by atoms with E-state index in [9.17, 15) is 4.79 Å². The number of ether oxygens (including phenoxy) is 2. The second-order valence-corrected chi connectivity index (χ2v) is 3.96. The van der Waals surface area contributed by atoms with E-state index in [1.165, 1.54) is 0 Å². The molecule has 0 aromatic carbocycles. The summed E-state index contributed by atoms with van der Waals surface area (Å²) in [7, 11) is 0. The smallest absolute Gasteiger partial charge is 0.214 e. The van der Waals surface area contributed by atoms with Gasteiger partial charge in [-0.05, 0) is 11.8 Å². The van der Waals surface area contributed by atoms with E-state index < -0.39 is 6.29 Å². The van der Waals surface area contributed by atoms with Gasteiger partial charge in [0.1, 0.15) is 0 Å². The van der Waals surface area contributed by atoms with Crippen LogP contribution in [0.5, 0.6) is 0 Å². The van der Waals surface area contributed by atoms with Gasteiger partial charge in [0, 0.05) is 0 Å². The third-order valence-electron chi connectivity index (χ3n) is 1.30. The number of carbonyl (C=O) groups excluding carboxylic acids is 1. The van der Waals surface area contributed by atoms with Crippen molar-refractivity contribution in [3.8, 4) is 0 Å². The van der Waals surface area contributed by atoms with E-state index in [-0.39, 0.29) is 0 Å². The Bertz CT molecular complexity index is 120. The molecular formula is C10H20O3. The lowest BCUT2D eigenvalue weighted by atomic mass is 10.2. The molecule has 0 aromatic rings. The zero-order valence-corrected chi connectivity index (χ0v) is 8.95. The Kier molecular flexibility index (Phi) is 6.82. The first-order valence-corrected chi connectivity index (χ1v) is 4.74. The zero-order chi connectivity index (χ0) is 10.3. The third kappa shape index (κ3) is 7.94. The van der Waals surface area contributed by atoms with Crippen LogP contribution in [0.3, 0.4) is 0 Å². The number of carbonyl (C=O) groups is 1. The maximum atomic E-state index is 10.5. The minimum Gasteiger partial charge on any atom is -0.346 e. The lowest BCUT2D eigenvalue weighted by Crippen LogP contribution is -2.23. The van der Waals surface area contributed by atoms with Crippen LogP contribution in [-0.2, 0) is 14.3 Å². The molecule has 0 unspecified atom stereocenters. The first-order chi connectivity index (χ1) is 6.06. The van der Waals surface area contributed by atoms with Crippen molar-refractivity contribution in [3.63, 3.8) is 0 Å². The zero-order valence-electron chi connectivity index (χ0n) is 8.95. The van der Waals surface area contributed by atoms with Crippen LogP contribution in [0.15, 0.2) is 0 Å². The second-order valence-electron chi connectivity index (χ2n) is 3.96. The molecule has 0 amide bonds. The summed E-state index contributed by atoms with van der Waals surface area (Å²) in [5, 5.41) is 0. The number of rotatable bonds is 7. The summed E-state index contributed by atoms with van der Waals surface area (Å²) >= 11 is 0. The van der Waals surface area contributed by atoms with Crippen molar-refractivity contribution in [2.75, 3.05) is 13.2 Å². The van der Waals surface area contributed by atoms with E-state index in [1.54, 1.807) is 0 Å². The molecule has 0 spiro atoms. The fourth-order valence-corrected chi connectivity index (χ4v) is 0.701. The molecule has 0 rings (SSSR count). The van der Waals surface area contributed by atoms with E-state index in [2.05, 4.69) is 0 Å². The third-order valence-corrected chi connectivity index (χ3v) is 1.30. The highest BCUT2D eigenvalue weighted by atomic mass is 16.7. The van der Waals surface area contributed by atoms with Gasteiger partial charge in [0.2, 0.25) is 6.29 Å². The number of hydrogen-bond donors (Lipinski definition) is 0. The van der Waals surface area contributed by atoms with Crippen molar-refractivity contribution in [1.82, 2.24) is 0 Å². The van der Waals surface area contributed by atoms with Gasteiger partial charge in [-0.2, -0.15) is 0 Å². The average molecular weight is 188 g/mol. The van der Waals surface area contributed by atoms with Crippen molar-refractivity contribution in [3.05, 3.63) is 0 Å². The first-order valence-electron chi connectivity index (χ1n) is 4.74. The molecule has 0 radical (unpaired) electrons. The Morgan fingerprint density at radius 3 is 1.62 bits per heavy atom. The topological polar surface area (TPSA) is 35.5 Å².